The number of halogens is 5. The van der Waals surface area contributed by atoms with Crippen LogP contribution in [0.3, 0.4) is 0 Å². The third kappa shape index (κ3) is 18.6. The molecule has 6 heterocycles. The van der Waals surface area contributed by atoms with Crippen LogP contribution >= 0.6 is 15.9 Å². The Hall–Kier alpha value is -8.68. The Balaban J connectivity index is 0.000000144. The van der Waals surface area contributed by atoms with E-state index in [4.69, 9.17) is 14.3 Å². The highest BCUT2D eigenvalue weighted by Gasteiger charge is 2.31. The number of hydrogen-bond acceptors (Lipinski definition) is 14. The number of benzene rings is 6. The van der Waals surface area contributed by atoms with Crippen LogP contribution in [0.4, 0.5) is 39.8 Å². The second kappa shape index (κ2) is 32.8. The van der Waals surface area contributed by atoms with E-state index in [0.717, 1.165) is 74.4 Å². The zero-order valence-electron chi connectivity index (χ0n) is 57.0. The summed E-state index contributed by atoms with van der Waals surface area (Å²) in [7, 11) is -1.47. The average molecular weight is 1530 g/mol. The lowest BCUT2D eigenvalue weighted by atomic mass is 9.80. The molecule has 3 aromatic heterocycles. The Bertz CT molecular complexity index is 4340. The van der Waals surface area contributed by atoms with Gasteiger partial charge in [-0.05, 0) is 157 Å². The van der Waals surface area contributed by atoms with Crippen LogP contribution in [0, 0.1) is 0 Å². The van der Waals surface area contributed by atoms with Gasteiger partial charge in [0.25, 0.3) is 0 Å². The van der Waals surface area contributed by atoms with Gasteiger partial charge >= 0.3 is 25.5 Å². The van der Waals surface area contributed by atoms with Gasteiger partial charge in [0.1, 0.15) is 11.2 Å². The lowest BCUT2D eigenvalue weighted by Gasteiger charge is -2.37. The van der Waals surface area contributed by atoms with Crippen molar-refractivity contribution in [2.24, 2.45) is 0 Å². The minimum atomic E-state index is -4.64. The van der Waals surface area contributed by atoms with Crippen LogP contribution in [0.15, 0.2) is 187 Å². The first-order valence-electron chi connectivity index (χ1n) is 33.4. The van der Waals surface area contributed by atoms with E-state index >= 15 is 0 Å². The van der Waals surface area contributed by atoms with Crippen molar-refractivity contribution < 1.29 is 71.1 Å². The molecule has 6 aromatic carbocycles. The van der Waals surface area contributed by atoms with Crippen molar-refractivity contribution in [1.82, 2.24) is 30.1 Å². The van der Waals surface area contributed by atoms with Crippen LogP contribution in [0.25, 0.3) is 55.6 Å². The lowest BCUT2D eigenvalue weighted by Crippen LogP contribution is -3.00. The Morgan fingerprint density at radius 3 is 1.24 bits per heavy atom. The van der Waals surface area contributed by atoms with E-state index in [1.54, 1.807) is 28.0 Å². The van der Waals surface area contributed by atoms with Gasteiger partial charge in [-0.2, -0.15) is 13.2 Å². The van der Waals surface area contributed by atoms with E-state index in [2.05, 4.69) is 184 Å². The Labute approximate surface area is 608 Å². The number of pyridine rings is 3. The quantitative estimate of drug-likeness (QED) is 0.0814. The molecule has 0 spiro atoms. The molecular weight excluding hydrogens is 1450 g/mol. The number of alkyl halides is 3. The van der Waals surface area contributed by atoms with Crippen molar-refractivity contribution in [3.05, 3.63) is 221 Å². The second-order valence-electron chi connectivity index (χ2n) is 26.9. The number of hydrogen-bond donors (Lipinski definition) is 3. The largest absolute Gasteiger partial charge is 1.00 e. The van der Waals surface area contributed by atoms with Gasteiger partial charge in [0, 0.05) is 155 Å². The molecule has 100 heavy (non-hydrogen) atoms. The summed E-state index contributed by atoms with van der Waals surface area (Å²) in [6, 6.07) is 56.9. The number of nitrogens with zero attached hydrogens (tertiary/aromatic N) is 8. The number of aromatic nitrogens is 3. The number of rotatable bonds is 6. The molecule has 3 N–H and O–H groups in total. The third-order valence-electron chi connectivity index (χ3n) is 17.7. The second-order valence-corrected chi connectivity index (χ2v) is 27.7. The van der Waals surface area contributed by atoms with E-state index in [-0.39, 0.29) is 36.2 Å². The lowest BCUT2D eigenvalue weighted by molar-refractivity contribution is -0.156. The van der Waals surface area contributed by atoms with Gasteiger partial charge in [-0.3, -0.25) is 19.7 Å². The number of amides is 2. The van der Waals surface area contributed by atoms with Crippen molar-refractivity contribution in [3.8, 4) is 55.6 Å². The molecule has 2 amide bonds. The minimum absolute atomic E-state index is 0. The number of fused-ring (bicyclic) bond motifs is 9. The van der Waals surface area contributed by atoms with E-state index < -0.39 is 30.8 Å². The molecule has 9 aromatic rings. The summed E-state index contributed by atoms with van der Waals surface area (Å²) in [5.74, 6) is 0. The molecule has 0 bridgehead atoms. The van der Waals surface area contributed by atoms with Crippen LogP contribution in [0.1, 0.15) is 75.3 Å². The molecule has 15 rings (SSSR count). The molecule has 3 aliphatic heterocycles. The summed E-state index contributed by atoms with van der Waals surface area (Å²) < 4.78 is 43.3. The Morgan fingerprint density at radius 1 is 0.480 bits per heavy atom. The van der Waals surface area contributed by atoms with Crippen molar-refractivity contribution in [2.45, 2.75) is 78.2 Å². The highest BCUT2D eigenvalue weighted by Crippen LogP contribution is 2.45. The van der Waals surface area contributed by atoms with Crippen LogP contribution < -0.4 is 49.5 Å². The van der Waals surface area contributed by atoms with Crippen LogP contribution in [0.2, 0.25) is 0 Å². The minimum Gasteiger partial charge on any atom is -1.00 e. The molecule has 0 unspecified atom stereocenters. The van der Waals surface area contributed by atoms with Gasteiger partial charge in [-0.15, -0.1) is 0 Å². The molecular formula is C78H82BBrF3IN9O7-. The standard InChI is InChI=1S/C27H29N3O2.C22H21N3.C15H23BN2O4.C12H8BrN.C2HF3O.HI/c1-27(2,3)32-26(31)30-15-13-29(14-16-30)21-9-6-8-19(17-21)23-11-12-28-24-18-20-7-4-5-10-22(20)25(23)24;1-2-7-19-17(4-1)15-21-22(19)20(8-9-24-21)16-5-3-6-18(14-16)25-12-10-23-11-13-25;1-15(2,3)22-14(19)18-9-7-17(8-10-18)13-6-4-5-12(11-13)16(20)21;13-10-5-6-14-11-7-8-3-1-2-4-9(8)12(10)11;3-2(4,5)1-6;/h4-12,17H,13-16,18H2,1-3H3;1-9,14,23H,10-13,15H2;4-6,11,20-21H,7-10H2,1-3H3;1-6H,7H2;1H;1H/p-1. The fourth-order valence-corrected chi connectivity index (χ4v) is 13.6. The van der Waals surface area contributed by atoms with Crippen LogP contribution in [-0.4, -0.2) is 156 Å². The van der Waals surface area contributed by atoms with Crippen molar-refractivity contribution in [1.29, 1.82) is 0 Å². The summed E-state index contributed by atoms with van der Waals surface area (Å²) in [6.07, 6.45) is 2.32. The smallest absolute Gasteiger partial charge is 0.488 e. The van der Waals surface area contributed by atoms with Gasteiger partial charge in [0.05, 0.1) is 17.1 Å². The van der Waals surface area contributed by atoms with Gasteiger partial charge in [-0.25, -0.2) is 9.59 Å². The number of anilines is 3. The molecule has 3 aliphatic carbocycles. The Morgan fingerprint density at radius 2 is 0.840 bits per heavy atom. The SMILES string of the molecule is Brc1ccnc2c1-c1ccccc1C2.CC(C)(C)OC(=O)N1CCN(c2cccc(-c3ccnc4c3-c3ccccc3C4)c2)CC1.CC(C)(C)OC(=O)N1CCN(c2cccc(B(O)O)c2)CC1.O=CC(F)(F)F.[I-].c1cc(-c2ccnc3c2-c2ccccc2C3)cc(N2CCNCC2)c1. The predicted octanol–water partition coefficient (Wildman–Crippen LogP) is 10.7. The molecule has 0 saturated carbocycles. The molecule has 0 atom stereocenters. The van der Waals surface area contributed by atoms with Gasteiger partial charge in [0.15, 0.2) is 0 Å². The predicted molar refractivity (Wildman–Crippen MR) is 390 cm³/mol. The van der Waals surface area contributed by atoms with E-state index in [9.17, 15) is 32.8 Å². The van der Waals surface area contributed by atoms with E-state index in [1.165, 1.54) is 95.1 Å². The van der Waals surface area contributed by atoms with Gasteiger partial charge < -0.3 is 73.3 Å². The molecule has 3 saturated heterocycles. The first kappa shape index (κ1) is 74.0. The van der Waals surface area contributed by atoms with Gasteiger partial charge in [-0.1, -0.05) is 125 Å². The van der Waals surface area contributed by atoms with E-state index in [1.807, 2.05) is 72.3 Å². The maximum Gasteiger partial charge on any atom is 0.488 e. The highest BCUT2D eigenvalue weighted by atomic mass is 127. The summed E-state index contributed by atoms with van der Waals surface area (Å²) in [5.41, 5.74) is 23.4. The molecule has 520 valence electrons. The fourth-order valence-electron chi connectivity index (χ4n) is 13.0. The number of carbonyl (C=O) groups excluding carboxylic acids is 3. The monoisotopic (exact) mass is 1530 g/mol. The van der Waals surface area contributed by atoms with E-state index in [0.29, 0.717) is 44.7 Å². The zero-order valence-corrected chi connectivity index (χ0v) is 60.7. The van der Waals surface area contributed by atoms with Crippen LogP contribution in [0.5, 0.6) is 0 Å². The first-order valence-corrected chi connectivity index (χ1v) is 34.2. The number of nitrogens with one attached hydrogen (secondary N) is 1. The molecule has 0 radical (unpaired) electrons. The first-order chi connectivity index (χ1) is 47.5. The number of ether oxygens (including phenoxy) is 2. The average Bonchev–Trinajstić information content (AvgIpc) is 1.61. The maximum atomic E-state index is 12.4. The van der Waals surface area contributed by atoms with Crippen molar-refractivity contribution >= 4 is 64.0 Å². The molecule has 22 heteroatoms. The van der Waals surface area contributed by atoms with Gasteiger partial charge in [0.2, 0.25) is 6.29 Å². The molecule has 3 fully saturated rings. The summed E-state index contributed by atoms with van der Waals surface area (Å²) in [5, 5.41) is 21.9. The number of piperazine rings is 3. The molecule has 16 nitrogen and oxygen atoms in total. The zero-order chi connectivity index (χ0) is 70.0. The Kier molecular flexibility index (Phi) is 24.2. The molecule has 6 aliphatic rings. The maximum absolute atomic E-state index is 12.4. The summed E-state index contributed by atoms with van der Waals surface area (Å²) in [4.78, 5) is 57.3. The summed E-state index contributed by atoms with van der Waals surface area (Å²) in [6.45, 7) is 21.0. The van der Waals surface area contributed by atoms with Crippen molar-refractivity contribution in [3.63, 3.8) is 0 Å². The third-order valence-corrected chi connectivity index (χ3v) is 18.3. The topological polar surface area (TPSA) is 177 Å². The number of aldehydes is 1. The van der Waals surface area contributed by atoms with Crippen LogP contribution in [-0.2, 0) is 33.5 Å². The number of carbonyl (C=O) groups is 3. The van der Waals surface area contributed by atoms with Crippen molar-refractivity contribution in [2.75, 3.05) is 93.2 Å². The highest BCUT2D eigenvalue weighted by molar-refractivity contribution is 9.10. The summed E-state index contributed by atoms with van der Waals surface area (Å²) >= 11 is 3.58. The normalized spacial score (nSPS) is 14.7. The fraction of sp³-hybridized carbons (Fsp3) is 0.308.